The minimum absolute atomic E-state index is 0.220. The minimum Gasteiger partial charge on any atom is -0.497 e. The number of rotatable bonds is 6. The predicted molar refractivity (Wildman–Crippen MR) is 79.7 cm³/mol. The van der Waals surface area contributed by atoms with Crippen LogP contribution < -0.4 is 4.74 Å². The van der Waals surface area contributed by atoms with Crippen LogP contribution in [0.2, 0.25) is 0 Å². The first kappa shape index (κ1) is 15.8. The maximum atomic E-state index is 11.3. The Morgan fingerprint density at radius 3 is 2.81 bits per heavy atom. The molecule has 0 bridgehead atoms. The van der Waals surface area contributed by atoms with E-state index in [1.165, 1.54) is 5.56 Å². The van der Waals surface area contributed by atoms with Crippen molar-refractivity contribution < 1.29 is 19.4 Å². The summed E-state index contributed by atoms with van der Waals surface area (Å²) < 4.78 is 10.4. The average molecular weight is 293 g/mol. The summed E-state index contributed by atoms with van der Waals surface area (Å²) in [4.78, 5) is 13.3. The molecule has 1 aromatic rings. The minimum atomic E-state index is -0.800. The molecule has 0 radical (unpaired) electrons. The van der Waals surface area contributed by atoms with Crippen LogP contribution in [0, 0.1) is 0 Å². The van der Waals surface area contributed by atoms with E-state index in [0.717, 1.165) is 18.6 Å². The number of aliphatic carboxylic acids is 1. The van der Waals surface area contributed by atoms with Crippen LogP contribution in [0.15, 0.2) is 24.3 Å². The van der Waals surface area contributed by atoms with E-state index in [0.29, 0.717) is 13.2 Å². The molecule has 21 heavy (non-hydrogen) atoms. The van der Waals surface area contributed by atoms with Gasteiger partial charge in [-0.2, -0.15) is 0 Å². The lowest BCUT2D eigenvalue weighted by Crippen LogP contribution is -2.53. The smallest absolute Gasteiger partial charge is 0.323 e. The fourth-order valence-electron chi connectivity index (χ4n) is 2.69. The topological polar surface area (TPSA) is 59.0 Å². The zero-order valence-corrected chi connectivity index (χ0v) is 12.6. The van der Waals surface area contributed by atoms with E-state index in [1.807, 2.05) is 17.0 Å². The Morgan fingerprint density at radius 2 is 2.19 bits per heavy atom. The van der Waals surface area contributed by atoms with Gasteiger partial charge in [-0.05, 0) is 37.5 Å². The number of carboxylic acid groups (broad SMARTS) is 1. The quantitative estimate of drug-likeness (QED) is 0.866. The Hall–Kier alpha value is -1.59. The molecule has 116 valence electrons. The maximum Gasteiger partial charge on any atom is 0.323 e. The molecule has 5 nitrogen and oxygen atoms in total. The van der Waals surface area contributed by atoms with Gasteiger partial charge in [-0.3, -0.25) is 9.69 Å². The standard InChI is InChI=1S/C16H23NO4/c1-12(17-9-10-21-11-15(17)16(18)19)3-4-13-5-7-14(20-2)8-6-13/h5-8,12,15H,3-4,9-11H2,1-2H3,(H,18,19). The van der Waals surface area contributed by atoms with Crippen LogP contribution in [0.5, 0.6) is 5.75 Å². The molecular weight excluding hydrogens is 270 g/mol. The number of carboxylic acids is 1. The molecule has 0 amide bonds. The molecule has 1 N–H and O–H groups in total. The van der Waals surface area contributed by atoms with Crippen molar-refractivity contribution in [2.45, 2.75) is 31.8 Å². The third-order valence-electron chi connectivity index (χ3n) is 4.03. The number of benzene rings is 1. The van der Waals surface area contributed by atoms with Crippen LogP contribution in [0.1, 0.15) is 18.9 Å². The number of ether oxygens (including phenoxy) is 2. The van der Waals surface area contributed by atoms with Crippen molar-refractivity contribution in [1.82, 2.24) is 4.90 Å². The highest BCUT2D eigenvalue weighted by Gasteiger charge is 2.32. The molecule has 0 aromatic heterocycles. The SMILES string of the molecule is COc1ccc(CCC(C)N2CCOCC2C(=O)O)cc1. The molecule has 1 aromatic carbocycles. The highest BCUT2D eigenvalue weighted by atomic mass is 16.5. The molecule has 2 unspecified atom stereocenters. The number of hydrogen-bond acceptors (Lipinski definition) is 4. The van der Waals surface area contributed by atoms with Crippen LogP contribution in [0.25, 0.3) is 0 Å². The first-order valence-corrected chi connectivity index (χ1v) is 7.31. The van der Waals surface area contributed by atoms with Crippen molar-refractivity contribution in [3.63, 3.8) is 0 Å². The molecule has 1 saturated heterocycles. The van der Waals surface area contributed by atoms with Gasteiger partial charge in [0.2, 0.25) is 0 Å². The second-order valence-corrected chi connectivity index (χ2v) is 5.40. The van der Waals surface area contributed by atoms with Gasteiger partial charge in [-0.15, -0.1) is 0 Å². The monoisotopic (exact) mass is 293 g/mol. The van der Waals surface area contributed by atoms with Crippen LogP contribution in [0.3, 0.4) is 0 Å². The number of nitrogens with zero attached hydrogens (tertiary/aromatic N) is 1. The normalized spacial score (nSPS) is 21.0. The van der Waals surface area contributed by atoms with E-state index in [-0.39, 0.29) is 12.6 Å². The number of methoxy groups -OCH3 is 1. The third-order valence-corrected chi connectivity index (χ3v) is 4.03. The summed E-state index contributed by atoms with van der Waals surface area (Å²) >= 11 is 0. The number of morpholine rings is 1. The highest BCUT2D eigenvalue weighted by molar-refractivity contribution is 5.73. The predicted octanol–water partition coefficient (Wildman–Crippen LogP) is 1.80. The second-order valence-electron chi connectivity index (χ2n) is 5.40. The summed E-state index contributed by atoms with van der Waals surface area (Å²) in [7, 11) is 1.65. The Labute approximate surface area is 125 Å². The molecule has 1 fully saturated rings. The van der Waals surface area contributed by atoms with Crippen molar-refractivity contribution in [2.75, 3.05) is 26.9 Å². The van der Waals surface area contributed by atoms with Gasteiger partial charge in [0.15, 0.2) is 0 Å². The Bertz CT molecular complexity index is 460. The average Bonchev–Trinajstić information content (AvgIpc) is 2.53. The van der Waals surface area contributed by atoms with Crippen molar-refractivity contribution in [3.8, 4) is 5.75 Å². The van der Waals surface area contributed by atoms with E-state index in [9.17, 15) is 9.90 Å². The Morgan fingerprint density at radius 1 is 1.48 bits per heavy atom. The number of hydrogen-bond donors (Lipinski definition) is 1. The molecule has 0 aliphatic carbocycles. The second kappa shape index (κ2) is 7.43. The molecular formula is C16H23NO4. The van der Waals surface area contributed by atoms with E-state index in [1.54, 1.807) is 7.11 Å². The lowest BCUT2D eigenvalue weighted by Gasteiger charge is -2.37. The molecule has 1 aliphatic rings. The van der Waals surface area contributed by atoms with E-state index >= 15 is 0 Å². The summed E-state index contributed by atoms with van der Waals surface area (Å²) in [6.45, 7) is 3.66. The maximum absolute atomic E-state index is 11.3. The lowest BCUT2D eigenvalue weighted by molar-refractivity contribution is -0.151. The van der Waals surface area contributed by atoms with Crippen molar-refractivity contribution in [3.05, 3.63) is 29.8 Å². The zero-order chi connectivity index (χ0) is 15.2. The van der Waals surface area contributed by atoms with Crippen molar-refractivity contribution >= 4 is 5.97 Å². The van der Waals surface area contributed by atoms with E-state index < -0.39 is 12.0 Å². The molecule has 2 rings (SSSR count). The molecule has 0 saturated carbocycles. The van der Waals surface area contributed by atoms with Crippen molar-refractivity contribution in [1.29, 1.82) is 0 Å². The zero-order valence-electron chi connectivity index (χ0n) is 12.6. The van der Waals surface area contributed by atoms with Gasteiger partial charge in [-0.1, -0.05) is 12.1 Å². The van der Waals surface area contributed by atoms with E-state index in [2.05, 4.69) is 19.1 Å². The summed E-state index contributed by atoms with van der Waals surface area (Å²) in [5, 5.41) is 9.26. The van der Waals surface area contributed by atoms with Crippen molar-refractivity contribution in [2.24, 2.45) is 0 Å². The first-order valence-electron chi connectivity index (χ1n) is 7.31. The van der Waals surface area contributed by atoms with Crippen LogP contribution >= 0.6 is 0 Å². The Balaban J connectivity index is 1.90. The van der Waals surface area contributed by atoms with Gasteiger partial charge in [-0.25, -0.2) is 0 Å². The van der Waals surface area contributed by atoms with Crippen LogP contribution in [-0.4, -0.2) is 54.9 Å². The van der Waals surface area contributed by atoms with Gasteiger partial charge >= 0.3 is 5.97 Å². The molecule has 1 aliphatic heterocycles. The van der Waals surface area contributed by atoms with E-state index in [4.69, 9.17) is 9.47 Å². The molecule has 5 heteroatoms. The van der Waals surface area contributed by atoms with Gasteiger partial charge in [0.25, 0.3) is 0 Å². The largest absolute Gasteiger partial charge is 0.497 e. The van der Waals surface area contributed by atoms with Gasteiger partial charge < -0.3 is 14.6 Å². The summed E-state index contributed by atoms with van der Waals surface area (Å²) in [5.74, 6) is 0.0527. The van der Waals surface area contributed by atoms with Gasteiger partial charge in [0.1, 0.15) is 11.8 Å². The Kier molecular flexibility index (Phi) is 5.59. The number of aryl methyl sites for hydroxylation is 1. The fourth-order valence-corrected chi connectivity index (χ4v) is 2.69. The fraction of sp³-hybridized carbons (Fsp3) is 0.562. The summed E-state index contributed by atoms with van der Waals surface area (Å²) in [6.07, 6.45) is 1.85. The highest BCUT2D eigenvalue weighted by Crippen LogP contribution is 2.18. The summed E-state index contributed by atoms with van der Waals surface area (Å²) in [5.41, 5.74) is 1.24. The summed E-state index contributed by atoms with van der Waals surface area (Å²) in [6, 6.07) is 7.71. The molecule has 0 spiro atoms. The molecule has 1 heterocycles. The van der Waals surface area contributed by atoms with Gasteiger partial charge in [0.05, 0.1) is 20.3 Å². The van der Waals surface area contributed by atoms with Crippen LogP contribution in [-0.2, 0) is 16.0 Å². The lowest BCUT2D eigenvalue weighted by atomic mass is 10.0. The first-order chi connectivity index (χ1) is 10.1. The third kappa shape index (κ3) is 4.19. The molecule has 2 atom stereocenters. The number of carbonyl (C=O) groups is 1. The van der Waals surface area contributed by atoms with Gasteiger partial charge in [0, 0.05) is 12.6 Å². The van der Waals surface area contributed by atoms with Crippen LogP contribution in [0.4, 0.5) is 0 Å².